The van der Waals surface area contributed by atoms with E-state index >= 15 is 0 Å². The molecule has 0 bridgehead atoms. The molecule has 0 aliphatic carbocycles. The molecular formula is C23H27N3O3S2. The summed E-state index contributed by atoms with van der Waals surface area (Å²) in [5.41, 5.74) is 1.56. The van der Waals surface area contributed by atoms with Gasteiger partial charge in [0.2, 0.25) is 10.0 Å². The van der Waals surface area contributed by atoms with E-state index in [9.17, 15) is 13.2 Å². The normalized spacial score (nSPS) is 15.8. The Morgan fingerprint density at radius 2 is 1.74 bits per heavy atom. The number of rotatable bonds is 5. The molecule has 1 aromatic heterocycles. The number of thiazole rings is 1. The van der Waals surface area contributed by atoms with Crippen LogP contribution in [0, 0.1) is 0 Å². The van der Waals surface area contributed by atoms with Crippen LogP contribution in [-0.4, -0.2) is 54.7 Å². The molecule has 0 radical (unpaired) electrons. The number of amides is 1. The zero-order valence-corrected chi connectivity index (χ0v) is 19.6. The first-order valence-corrected chi connectivity index (χ1v) is 12.8. The van der Waals surface area contributed by atoms with E-state index in [1.165, 1.54) is 21.1 Å². The van der Waals surface area contributed by atoms with Gasteiger partial charge < -0.3 is 4.90 Å². The van der Waals surface area contributed by atoms with Crippen molar-refractivity contribution in [2.24, 2.45) is 0 Å². The Morgan fingerprint density at radius 1 is 1.10 bits per heavy atom. The van der Waals surface area contributed by atoms with Gasteiger partial charge in [0.1, 0.15) is 0 Å². The van der Waals surface area contributed by atoms with Gasteiger partial charge >= 0.3 is 0 Å². The highest BCUT2D eigenvalue weighted by Gasteiger charge is 2.27. The van der Waals surface area contributed by atoms with Crippen molar-refractivity contribution >= 4 is 37.5 Å². The van der Waals surface area contributed by atoms with E-state index in [2.05, 4.69) is 6.07 Å². The maximum atomic E-state index is 12.9. The minimum Gasteiger partial charge on any atom is -0.339 e. The van der Waals surface area contributed by atoms with Crippen LogP contribution in [0.2, 0.25) is 0 Å². The average molecular weight is 458 g/mol. The van der Waals surface area contributed by atoms with Crippen molar-refractivity contribution in [3.8, 4) is 0 Å². The lowest BCUT2D eigenvalue weighted by atomic mass is 9.97. The molecule has 164 valence electrons. The summed E-state index contributed by atoms with van der Waals surface area (Å²) in [5.74, 6) is 0.324. The summed E-state index contributed by atoms with van der Waals surface area (Å²) in [4.78, 5) is 19.8. The molecule has 2 heterocycles. The molecule has 1 aliphatic rings. The summed E-state index contributed by atoms with van der Waals surface area (Å²) in [5, 5.41) is 1.15. The molecule has 4 rings (SSSR count). The van der Waals surface area contributed by atoms with Crippen molar-refractivity contribution in [1.29, 1.82) is 0 Å². The summed E-state index contributed by atoms with van der Waals surface area (Å²) in [6.07, 6.45) is 1.77. The van der Waals surface area contributed by atoms with E-state index < -0.39 is 10.0 Å². The summed E-state index contributed by atoms with van der Waals surface area (Å²) in [6.45, 7) is 5.01. The van der Waals surface area contributed by atoms with Gasteiger partial charge in [-0.05, 0) is 63.1 Å². The van der Waals surface area contributed by atoms with Crippen LogP contribution in [0.3, 0.4) is 0 Å². The summed E-state index contributed by atoms with van der Waals surface area (Å²) in [6, 6.07) is 14.3. The number of piperidine rings is 1. The molecule has 0 saturated carbocycles. The Balaban J connectivity index is 1.41. The van der Waals surface area contributed by atoms with Crippen LogP contribution in [0.25, 0.3) is 10.2 Å². The van der Waals surface area contributed by atoms with E-state index in [0.717, 1.165) is 23.4 Å². The number of benzene rings is 2. The first-order valence-electron chi connectivity index (χ1n) is 10.5. The highest BCUT2D eigenvalue weighted by atomic mass is 32.2. The lowest BCUT2D eigenvalue weighted by Crippen LogP contribution is -2.38. The van der Waals surface area contributed by atoms with Gasteiger partial charge in [0.05, 0.1) is 20.1 Å². The van der Waals surface area contributed by atoms with Crippen LogP contribution < -0.4 is 0 Å². The predicted octanol–water partition coefficient (Wildman–Crippen LogP) is 4.35. The van der Waals surface area contributed by atoms with E-state index in [-0.39, 0.29) is 16.8 Å². The molecule has 1 aliphatic heterocycles. The number of fused-ring (bicyclic) bond motifs is 1. The third-order valence-electron chi connectivity index (χ3n) is 5.95. The molecule has 0 N–H and O–H groups in total. The van der Waals surface area contributed by atoms with Crippen LogP contribution in [0.15, 0.2) is 53.4 Å². The quantitative estimate of drug-likeness (QED) is 0.571. The standard InChI is InChI=1S/C23H27N3O3S2/c1-16(2)25(3)31(28,29)19-10-8-18(9-11-19)23(27)26-14-12-17(13-15-26)22-24-20-6-4-5-7-21(20)30-22/h4-11,16-17H,12-15H2,1-3H3. The minimum absolute atomic E-state index is 0.0519. The van der Waals surface area contributed by atoms with Gasteiger partial charge in [-0.2, -0.15) is 4.31 Å². The number of hydrogen-bond donors (Lipinski definition) is 0. The van der Waals surface area contributed by atoms with Gasteiger partial charge in [0.15, 0.2) is 0 Å². The van der Waals surface area contributed by atoms with E-state index in [4.69, 9.17) is 4.98 Å². The molecule has 0 spiro atoms. The van der Waals surface area contributed by atoms with Crippen molar-refractivity contribution in [2.75, 3.05) is 20.1 Å². The fraction of sp³-hybridized carbons (Fsp3) is 0.391. The van der Waals surface area contributed by atoms with Crippen LogP contribution >= 0.6 is 11.3 Å². The second kappa shape index (κ2) is 8.68. The smallest absolute Gasteiger partial charge is 0.253 e. The number of sulfonamides is 1. The third kappa shape index (κ3) is 4.37. The van der Waals surface area contributed by atoms with Crippen LogP contribution in [-0.2, 0) is 10.0 Å². The van der Waals surface area contributed by atoms with Crippen molar-refractivity contribution < 1.29 is 13.2 Å². The SMILES string of the molecule is CC(C)N(C)S(=O)(=O)c1ccc(C(=O)N2CCC(c3nc4ccccc4s3)CC2)cc1. The third-order valence-corrected chi connectivity index (χ3v) is 9.19. The number of aromatic nitrogens is 1. The molecule has 1 saturated heterocycles. The Bertz CT molecular complexity index is 1150. The molecule has 1 amide bonds. The highest BCUT2D eigenvalue weighted by Crippen LogP contribution is 2.34. The summed E-state index contributed by atoms with van der Waals surface area (Å²) >= 11 is 1.74. The Hall–Kier alpha value is -2.29. The monoisotopic (exact) mass is 457 g/mol. The van der Waals surface area contributed by atoms with Crippen LogP contribution in [0.4, 0.5) is 0 Å². The number of para-hydroxylation sites is 1. The number of nitrogens with zero attached hydrogens (tertiary/aromatic N) is 3. The Labute approximate surface area is 187 Å². The van der Waals surface area contributed by atoms with Crippen LogP contribution in [0.1, 0.15) is 48.0 Å². The number of carbonyl (C=O) groups excluding carboxylic acids is 1. The molecule has 3 aromatic rings. The van der Waals surface area contributed by atoms with Gasteiger partial charge in [-0.3, -0.25) is 4.79 Å². The molecule has 1 fully saturated rings. The Morgan fingerprint density at radius 3 is 2.35 bits per heavy atom. The van der Waals surface area contributed by atoms with E-state index in [1.54, 1.807) is 30.5 Å². The van der Waals surface area contributed by atoms with Gasteiger partial charge in [0.25, 0.3) is 5.91 Å². The fourth-order valence-electron chi connectivity index (χ4n) is 3.79. The topological polar surface area (TPSA) is 70.6 Å². The second-order valence-corrected chi connectivity index (χ2v) is 11.3. The zero-order valence-electron chi connectivity index (χ0n) is 18.0. The number of carbonyl (C=O) groups is 1. The lowest BCUT2D eigenvalue weighted by molar-refractivity contribution is 0.0713. The predicted molar refractivity (Wildman–Crippen MR) is 124 cm³/mol. The first kappa shape index (κ1) is 21.9. The molecule has 2 aromatic carbocycles. The molecule has 0 atom stereocenters. The molecule has 0 unspecified atom stereocenters. The Kier molecular flexibility index (Phi) is 6.14. The maximum Gasteiger partial charge on any atom is 0.253 e. The van der Waals surface area contributed by atoms with Crippen LogP contribution in [0.5, 0.6) is 0 Å². The van der Waals surface area contributed by atoms with Crippen molar-refractivity contribution in [3.63, 3.8) is 0 Å². The van der Waals surface area contributed by atoms with Crippen molar-refractivity contribution in [3.05, 3.63) is 59.1 Å². The largest absolute Gasteiger partial charge is 0.339 e. The van der Waals surface area contributed by atoms with E-state index in [1.807, 2.05) is 36.9 Å². The molecular weight excluding hydrogens is 430 g/mol. The summed E-state index contributed by atoms with van der Waals surface area (Å²) in [7, 11) is -1.99. The highest BCUT2D eigenvalue weighted by molar-refractivity contribution is 7.89. The van der Waals surface area contributed by atoms with Gasteiger partial charge in [-0.15, -0.1) is 11.3 Å². The van der Waals surface area contributed by atoms with Crippen molar-refractivity contribution in [2.45, 2.75) is 43.5 Å². The number of hydrogen-bond acceptors (Lipinski definition) is 5. The minimum atomic E-state index is -3.55. The molecule has 6 nitrogen and oxygen atoms in total. The molecule has 8 heteroatoms. The molecule has 31 heavy (non-hydrogen) atoms. The maximum absolute atomic E-state index is 12.9. The van der Waals surface area contributed by atoms with E-state index in [0.29, 0.717) is 24.6 Å². The lowest BCUT2D eigenvalue weighted by Gasteiger charge is -2.31. The van der Waals surface area contributed by atoms with Gasteiger partial charge in [-0.25, -0.2) is 13.4 Å². The van der Waals surface area contributed by atoms with Gasteiger partial charge in [-0.1, -0.05) is 12.1 Å². The van der Waals surface area contributed by atoms with Crippen molar-refractivity contribution in [1.82, 2.24) is 14.2 Å². The summed E-state index contributed by atoms with van der Waals surface area (Å²) < 4.78 is 27.8. The second-order valence-electron chi connectivity index (χ2n) is 8.23. The fourth-order valence-corrected chi connectivity index (χ4v) is 6.29. The number of likely N-dealkylation sites (tertiary alicyclic amines) is 1. The zero-order chi connectivity index (χ0) is 22.2. The first-order chi connectivity index (χ1) is 14.8. The van der Waals surface area contributed by atoms with Gasteiger partial charge in [0, 0.05) is 37.7 Å². The average Bonchev–Trinajstić information content (AvgIpc) is 3.22.